The molecule has 378 valence electrons. The van der Waals surface area contributed by atoms with Gasteiger partial charge in [-0.3, -0.25) is 28.1 Å². The number of aliphatic hydroxyl groups is 2. The maximum absolute atomic E-state index is 12.6. The number of imidazole rings is 1. The van der Waals surface area contributed by atoms with Gasteiger partial charge >= 0.3 is 0 Å². The Labute approximate surface area is 388 Å². The van der Waals surface area contributed by atoms with Gasteiger partial charge in [-0.05, 0) is 12.3 Å². The molecule has 0 bridgehead atoms. The zero-order valence-corrected chi connectivity index (χ0v) is 41.2. The Morgan fingerprint density at radius 2 is 1.50 bits per heavy atom. The van der Waals surface area contributed by atoms with Gasteiger partial charge in [0.15, 0.2) is 22.8 Å². The number of carbonyl (C=O) groups excluding carboxylic acids is 3. The van der Waals surface area contributed by atoms with Crippen LogP contribution in [-0.4, -0.2) is 103 Å². The summed E-state index contributed by atoms with van der Waals surface area (Å²) in [6.07, 6.45) is 7.43. The number of rotatable bonds is 33. The second-order valence-electron chi connectivity index (χ2n) is 17.0. The highest BCUT2D eigenvalue weighted by molar-refractivity contribution is 8.13. The third kappa shape index (κ3) is 21.1. The molecule has 2 unspecified atom stereocenters. The van der Waals surface area contributed by atoms with Crippen LogP contribution in [0.3, 0.4) is 0 Å². The molecule has 1 aliphatic rings. The monoisotopic (exact) mass is 1020 g/mol. The van der Waals surface area contributed by atoms with Gasteiger partial charge in [-0.15, -0.1) is 0 Å². The lowest BCUT2D eigenvalue weighted by molar-refractivity contribution is -0.347. The molecule has 6 N–H and O–H groups in total. The lowest BCUT2D eigenvalue weighted by Gasteiger charge is -2.36. The highest BCUT2D eigenvalue weighted by atomic mass is 32.2. The highest BCUT2D eigenvalue weighted by Crippen LogP contribution is 2.56. The first-order chi connectivity index (χ1) is 30.9. The van der Waals surface area contributed by atoms with Crippen molar-refractivity contribution in [3.05, 3.63) is 12.7 Å². The normalized spacial score (nSPS) is 20.3. The number of nitrogens with zero attached hydrogens (tertiary/aromatic N) is 4. The molecule has 0 aliphatic carbocycles. The number of aliphatic hydroxyl groups excluding tert-OH is 2. The van der Waals surface area contributed by atoms with E-state index in [4.69, 9.17) is 10.5 Å². The van der Waals surface area contributed by atoms with Gasteiger partial charge in [0, 0.05) is 37.1 Å². The number of amides is 2. The molecule has 66 heavy (non-hydrogen) atoms. The number of nitrogen functional groups attached to an aromatic ring is 1. The Kier molecular flexibility index (Phi) is 24.3. The van der Waals surface area contributed by atoms with Crippen molar-refractivity contribution in [2.75, 3.05) is 37.8 Å². The maximum atomic E-state index is 12.6. The van der Waals surface area contributed by atoms with Gasteiger partial charge in [0.05, 0.1) is 27.4 Å². The van der Waals surface area contributed by atoms with Gasteiger partial charge in [0.2, 0.25) is 11.8 Å². The predicted octanol–water partition coefficient (Wildman–Crippen LogP) is 1.86. The van der Waals surface area contributed by atoms with Crippen molar-refractivity contribution >= 4 is 69.1 Å². The van der Waals surface area contributed by atoms with Crippen molar-refractivity contribution in [3.63, 3.8) is 0 Å². The molecule has 28 heteroatoms. The molecular formula is C38H64N7O17P3S-4. The van der Waals surface area contributed by atoms with Gasteiger partial charge in [-0.2, -0.15) is 0 Å². The minimum atomic E-state index is -5.92. The molecule has 3 rings (SSSR count). The number of phosphoric acid groups is 3. The Morgan fingerprint density at radius 1 is 0.894 bits per heavy atom. The summed E-state index contributed by atoms with van der Waals surface area (Å²) in [7, 11) is -17.6. The molecule has 3 heterocycles. The average Bonchev–Trinajstić information content (AvgIpc) is 3.79. The second-order valence-corrected chi connectivity index (χ2v) is 22.2. The molecule has 1 saturated heterocycles. The third-order valence-electron chi connectivity index (χ3n) is 10.4. The molecule has 0 radical (unpaired) electrons. The number of nitrogens with two attached hydrogens (primary N) is 1. The van der Waals surface area contributed by atoms with Crippen LogP contribution in [0.4, 0.5) is 5.82 Å². The fourth-order valence-electron chi connectivity index (χ4n) is 6.76. The number of carbonyl (C=O) groups is 3. The number of anilines is 1. The topological polar surface area (TPSA) is 375 Å². The number of hydrogen-bond acceptors (Lipinski definition) is 22. The first-order valence-corrected chi connectivity index (χ1v) is 27.3. The standard InChI is InChI=1S/C38H68N7O17P3S/c1-26(2)16-14-12-10-8-6-5-7-9-11-13-15-17-29(47)66-21-20-40-28(46)18-19-41-36(50)33(49)38(3,4)23-59-65(56,57)62-64(54,55)58-22-27-32(61-63(51,52)53)31(48)37(60-27)45-25-44-30-34(39)42-24-43-35(30)45/h24-27,31-33,37,48-49H,5-23H2,1-4H3,(H,40,46)(H,41,50)(H,54,55)(H,56,57)(H2,39,42,43)(H2,51,52,53)/p-4/t27-,31-,32-,33+,37-/m1/s1. The summed E-state index contributed by atoms with van der Waals surface area (Å²) in [6, 6.07) is 0. The number of ether oxygens (including phenoxy) is 1. The number of aromatic nitrogens is 4. The van der Waals surface area contributed by atoms with E-state index in [2.05, 4.69) is 57.3 Å². The summed E-state index contributed by atoms with van der Waals surface area (Å²) in [5.74, 6) is -0.344. The van der Waals surface area contributed by atoms with E-state index in [9.17, 15) is 57.9 Å². The molecule has 1 fully saturated rings. The minimum absolute atomic E-state index is 0.0182. The van der Waals surface area contributed by atoms with Crippen molar-refractivity contribution in [1.29, 1.82) is 0 Å². The fraction of sp³-hybridized carbons (Fsp3) is 0.789. The summed E-state index contributed by atoms with van der Waals surface area (Å²) in [6.45, 7) is 4.71. The molecule has 2 aromatic heterocycles. The molecule has 2 aromatic rings. The van der Waals surface area contributed by atoms with Crippen molar-refractivity contribution in [1.82, 2.24) is 30.2 Å². The molecule has 1 aliphatic heterocycles. The van der Waals surface area contributed by atoms with Crippen LogP contribution in [0.1, 0.15) is 124 Å². The number of unbranched alkanes of at least 4 members (excludes halogenated alkanes) is 10. The number of phosphoric ester groups is 3. The maximum Gasteiger partial charge on any atom is 0.274 e. The predicted molar refractivity (Wildman–Crippen MR) is 233 cm³/mol. The summed E-state index contributed by atoms with van der Waals surface area (Å²) in [4.78, 5) is 96.8. The summed E-state index contributed by atoms with van der Waals surface area (Å²) >= 11 is 1.14. The van der Waals surface area contributed by atoms with E-state index in [1.165, 1.54) is 71.6 Å². The molecule has 24 nitrogen and oxygen atoms in total. The summed E-state index contributed by atoms with van der Waals surface area (Å²) in [5, 5.41) is 26.5. The zero-order chi connectivity index (χ0) is 49.1. The number of fused-ring (bicyclic) bond motifs is 1. The molecule has 0 spiro atoms. The number of nitrogens with one attached hydrogen (secondary N) is 2. The Balaban J connectivity index is 1.31. The number of thioether (sulfide) groups is 1. The first kappa shape index (κ1) is 57.9. The van der Waals surface area contributed by atoms with Crippen molar-refractivity contribution < 1.29 is 80.5 Å². The SMILES string of the molecule is CC(C)CCCCCCCCCCCCCC(=O)SCCNC(=O)CCNC(=O)[C@H](O)C(C)(C)COP(=O)([O-])OP(=O)([O-])OC[C@H]1O[C@@H](n2cnc3c(N)ncnc32)[C@H](O)[C@@H]1OP(=O)([O-])[O-]. The van der Waals surface area contributed by atoms with Crippen LogP contribution in [0, 0.1) is 11.3 Å². The van der Waals surface area contributed by atoms with Gasteiger partial charge in [-0.25, -0.2) is 19.3 Å². The van der Waals surface area contributed by atoms with Crippen LogP contribution >= 0.6 is 35.2 Å². The fourth-order valence-corrected chi connectivity index (χ4v) is 10.2. The van der Waals surface area contributed by atoms with Gasteiger partial charge < -0.3 is 69.0 Å². The molecule has 7 atom stereocenters. The molecular weight excluding hydrogens is 951 g/mol. The zero-order valence-electron chi connectivity index (χ0n) is 37.7. The van der Waals surface area contributed by atoms with E-state index >= 15 is 0 Å². The minimum Gasteiger partial charge on any atom is -0.790 e. The van der Waals surface area contributed by atoms with Crippen LogP contribution < -0.4 is 35.9 Å². The van der Waals surface area contributed by atoms with Crippen molar-refractivity contribution in [3.8, 4) is 0 Å². The highest BCUT2D eigenvalue weighted by Gasteiger charge is 2.47. The largest absolute Gasteiger partial charge is 0.790 e. The van der Waals surface area contributed by atoms with Crippen LogP contribution in [0.2, 0.25) is 0 Å². The molecule has 0 aromatic carbocycles. The number of hydrogen-bond donors (Lipinski definition) is 5. The smallest absolute Gasteiger partial charge is 0.274 e. The van der Waals surface area contributed by atoms with E-state index in [0.29, 0.717) is 12.2 Å². The van der Waals surface area contributed by atoms with Gasteiger partial charge in [0.25, 0.3) is 15.6 Å². The van der Waals surface area contributed by atoms with E-state index in [1.807, 2.05) is 0 Å². The Morgan fingerprint density at radius 3 is 2.12 bits per heavy atom. The Bertz CT molecular complexity index is 1990. The van der Waals surface area contributed by atoms with E-state index < -0.39 is 84.6 Å². The lowest BCUT2D eigenvalue weighted by atomic mass is 9.87. The van der Waals surface area contributed by atoms with Crippen LogP contribution in [0.5, 0.6) is 0 Å². The average molecular weight is 1020 g/mol. The summed E-state index contributed by atoms with van der Waals surface area (Å²) < 4.78 is 60.8. The quantitative estimate of drug-likeness (QED) is 0.0503. The van der Waals surface area contributed by atoms with Gasteiger partial charge in [-0.1, -0.05) is 110 Å². The van der Waals surface area contributed by atoms with Crippen LogP contribution in [0.25, 0.3) is 11.2 Å². The summed E-state index contributed by atoms with van der Waals surface area (Å²) in [5.41, 5.74) is 4.09. The first-order valence-electron chi connectivity index (χ1n) is 21.9. The van der Waals surface area contributed by atoms with E-state index in [-0.39, 0.29) is 41.6 Å². The van der Waals surface area contributed by atoms with Crippen LogP contribution in [-0.2, 0) is 50.7 Å². The van der Waals surface area contributed by atoms with Crippen molar-refractivity contribution in [2.24, 2.45) is 11.3 Å². The molecule has 2 amide bonds. The van der Waals surface area contributed by atoms with Crippen molar-refractivity contribution in [2.45, 2.75) is 148 Å². The third-order valence-corrected chi connectivity index (χ3v) is 14.3. The molecule has 0 saturated carbocycles. The van der Waals surface area contributed by atoms with Crippen LogP contribution in [0.15, 0.2) is 12.7 Å². The van der Waals surface area contributed by atoms with E-state index in [0.717, 1.165) is 54.2 Å². The van der Waals surface area contributed by atoms with Gasteiger partial charge in [0.1, 0.15) is 36.3 Å². The van der Waals surface area contributed by atoms with E-state index in [1.54, 1.807) is 0 Å². The lowest BCUT2D eigenvalue weighted by Crippen LogP contribution is -2.46. The second kappa shape index (κ2) is 27.7. The Hall–Kier alpha value is -2.44.